The average molecular weight is 335 g/mol. The van der Waals surface area contributed by atoms with Gasteiger partial charge in [0.2, 0.25) is 0 Å². The number of phosphoric acid groups is 1. The number of rotatable bonds is 1. The molecule has 0 aromatic rings. The van der Waals surface area contributed by atoms with E-state index in [2.05, 4.69) is 4.31 Å². The first-order valence-electron chi connectivity index (χ1n) is 0.966. The van der Waals surface area contributed by atoms with Gasteiger partial charge in [0.05, 0.1) is 7.82 Å². The Bertz CT molecular complexity index is 73.8. The Hall–Kier alpha value is 1.46. The van der Waals surface area contributed by atoms with Crippen LogP contribution in [0.25, 0.3) is 0 Å². The summed E-state index contributed by atoms with van der Waals surface area (Å²) in [6, 6.07) is 0. The number of hydrogen-bond donors (Lipinski definition) is 0. The van der Waals surface area contributed by atoms with Crippen LogP contribution in [0.4, 0.5) is 0 Å². The maximum Gasteiger partial charge on any atom is 2.00 e. The molecule has 40 valence electrons. The van der Waals surface area contributed by atoms with Gasteiger partial charge in [-0.2, -0.15) is 0 Å². The normalized spacial score (nSPS) is 10.1. The first-order chi connectivity index (χ1) is 2.56. The molecule has 0 bridgehead atoms. The van der Waals surface area contributed by atoms with Gasteiger partial charge in [0.25, 0.3) is 0 Å². The van der Waals surface area contributed by atoms with Crippen molar-refractivity contribution in [1.82, 2.24) is 0 Å². The Labute approximate surface area is 63.3 Å². The Morgan fingerprint density at radius 2 is 1.71 bits per heavy atom. The van der Waals surface area contributed by atoms with E-state index >= 15 is 0 Å². The van der Waals surface area contributed by atoms with Gasteiger partial charge in [-0.3, -0.25) is 0 Å². The quantitative estimate of drug-likeness (QED) is 0.421. The van der Waals surface area contributed by atoms with Crippen molar-refractivity contribution in [2.45, 2.75) is 0 Å². The second kappa shape index (κ2) is 4.35. The molecule has 0 aromatic heterocycles. The zero-order valence-corrected chi connectivity index (χ0v) is 9.09. The van der Waals surface area contributed by atoms with Crippen molar-refractivity contribution in [3.8, 4) is 0 Å². The first kappa shape index (κ1) is 11.3. The Morgan fingerprint density at radius 1 is 1.57 bits per heavy atom. The summed E-state index contributed by atoms with van der Waals surface area (Å²) in [4.78, 5) is 18.5. The standard InChI is InChI=1S/H4O4P2.Pb/c1-6(2,3)4-5;/h5H2,(H2,1,2,3);/q;+2/p-2. The van der Waals surface area contributed by atoms with E-state index < -0.39 is 7.82 Å². The van der Waals surface area contributed by atoms with Crippen molar-refractivity contribution in [2.24, 2.45) is 0 Å². The molecule has 0 amide bonds. The van der Waals surface area contributed by atoms with E-state index in [1.165, 1.54) is 9.47 Å². The number of hydrogen-bond acceptors (Lipinski definition) is 4. The molecule has 0 saturated carbocycles. The van der Waals surface area contributed by atoms with Gasteiger partial charge in [-0.05, 0) is 0 Å². The maximum atomic E-state index is 9.23. The summed E-state index contributed by atoms with van der Waals surface area (Å²) in [5.74, 6) is 0. The van der Waals surface area contributed by atoms with Crippen LogP contribution in [0.15, 0.2) is 0 Å². The summed E-state index contributed by atoms with van der Waals surface area (Å²) in [6.07, 6.45) is 0. The monoisotopic (exact) mass is 336 g/mol. The zero-order chi connectivity index (χ0) is 5.21. The third kappa shape index (κ3) is 11.2. The molecule has 0 aliphatic carbocycles. The van der Waals surface area contributed by atoms with Gasteiger partial charge in [-0.25, -0.2) is 0 Å². The SMILES string of the molecule is O=P([O-])([O-])OP.[Pb+2]. The van der Waals surface area contributed by atoms with Crippen LogP contribution < -0.4 is 9.79 Å². The first-order valence-corrected chi connectivity index (χ1v) is 2.90. The molecule has 0 aliphatic heterocycles. The predicted octanol–water partition coefficient (Wildman–Crippen LogP) is -1.76. The molecule has 7 heteroatoms. The predicted molar refractivity (Wildman–Crippen MR) is 24.2 cm³/mol. The van der Waals surface area contributed by atoms with Crippen molar-refractivity contribution in [3.63, 3.8) is 0 Å². The summed E-state index contributed by atoms with van der Waals surface area (Å²) in [6.45, 7) is 0. The fourth-order valence-corrected chi connectivity index (χ4v) is 0. The van der Waals surface area contributed by atoms with E-state index in [1.807, 2.05) is 0 Å². The third-order valence-electron chi connectivity index (χ3n) is 0.129. The van der Waals surface area contributed by atoms with Crippen LogP contribution in [-0.2, 0) is 8.88 Å². The minimum atomic E-state index is -4.68. The van der Waals surface area contributed by atoms with Gasteiger partial charge >= 0.3 is 27.3 Å². The Kier molecular flexibility index (Phi) is 7.01. The van der Waals surface area contributed by atoms with Crippen LogP contribution in [0.1, 0.15) is 0 Å². The second-order valence-electron chi connectivity index (χ2n) is 0.553. The molecule has 0 saturated heterocycles. The molecule has 7 heavy (non-hydrogen) atoms. The van der Waals surface area contributed by atoms with Crippen molar-refractivity contribution in [3.05, 3.63) is 0 Å². The molecule has 0 rings (SSSR count). The molecule has 0 N–H and O–H groups in total. The largest absolute Gasteiger partial charge is 2.00 e. The van der Waals surface area contributed by atoms with Crippen LogP contribution in [0.5, 0.6) is 0 Å². The van der Waals surface area contributed by atoms with Crippen molar-refractivity contribution in [1.29, 1.82) is 0 Å². The molecule has 0 aliphatic rings. The van der Waals surface area contributed by atoms with Crippen LogP contribution in [0, 0.1) is 0 Å². The molecule has 2 radical (unpaired) electrons. The summed E-state index contributed by atoms with van der Waals surface area (Å²) in [5.41, 5.74) is 0. The topological polar surface area (TPSA) is 72.4 Å². The van der Waals surface area contributed by atoms with Crippen molar-refractivity contribution >= 4 is 44.6 Å². The molecule has 0 spiro atoms. The van der Waals surface area contributed by atoms with E-state index in [0.717, 1.165) is 0 Å². The molecule has 4 nitrogen and oxygen atoms in total. The summed E-state index contributed by atoms with van der Waals surface area (Å²) < 4.78 is 12.5. The van der Waals surface area contributed by atoms with E-state index in [0.29, 0.717) is 0 Å². The molecular formula is H2O4P2Pb. The smallest absolute Gasteiger partial charge is 0.790 e. The van der Waals surface area contributed by atoms with Crippen molar-refractivity contribution in [2.75, 3.05) is 0 Å². The van der Waals surface area contributed by atoms with Gasteiger partial charge in [0, 0.05) is 9.47 Å². The van der Waals surface area contributed by atoms with Crippen LogP contribution in [0.2, 0.25) is 0 Å². The molecule has 1 unspecified atom stereocenters. The molecule has 0 aromatic carbocycles. The van der Waals surface area contributed by atoms with E-state index in [4.69, 9.17) is 0 Å². The third-order valence-corrected chi connectivity index (χ3v) is 1.16. The average Bonchev–Trinajstić information content (AvgIpc) is 1.35. The molecular weight excluding hydrogens is 333 g/mol. The fraction of sp³-hybridized carbons (Fsp3) is 0. The van der Waals surface area contributed by atoms with Gasteiger partial charge in [-0.15, -0.1) is 0 Å². The summed E-state index contributed by atoms with van der Waals surface area (Å²) >= 11 is 0. The van der Waals surface area contributed by atoms with Gasteiger partial charge in [-0.1, -0.05) is 0 Å². The second-order valence-corrected chi connectivity index (χ2v) is 2.29. The minimum absolute atomic E-state index is 0. The van der Waals surface area contributed by atoms with E-state index in [9.17, 15) is 14.4 Å². The van der Waals surface area contributed by atoms with Crippen LogP contribution >= 0.6 is 17.3 Å². The maximum absolute atomic E-state index is 9.23. The summed E-state index contributed by atoms with van der Waals surface area (Å²) in [7, 11) is -3.35. The zero-order valence-electron chi connectivity index (χ0n) is 3.16. The van der Waals surface area contributed by atoms with Gasteiger partial charge in [0.1, 0.15) is 0 Å². The van der Waals surface area contributed by atoms with Crippen molar-refractivity contribution < 1.29 is 18.7 Å². The summed E-state index contributed by atoms with van der Waals surface area (Å²) in [5, 5.41) is 0. The van der Waals surface area contributed by atoms with Gasteiger partial charge < -0.3 is 18.7 Å². The van der Waals surface area contributed by atoms with E-state index in [1.54, 1.807) is 0 Å². The molecule has 1 atom stereocenters. The van der Waals surface area contributed by atoms with Crippen LogP contribution in [-0.4, -0.2) is 27.3 Å². The van der Waals surface area contributed by atoms with Gasteiger partial charge in [0.15, 0.2) is 0 Å². The fourth-order valence-electron chi connectivity index (χ4n) is 0. The molecule has 0 heterocycles. The van der Waals surface area contributed by atoms with E-state index in [-0.39, 0.29) is 27.3 Å². The Morgan fingerprint density at radius 3 is 1.71 bits per heavy atom. The molecule has 0 fully saturated rings. The minimum Gasteiger partial charge on any atom is -0.790 e. The Balaban J connectivity index is 0. The van der Waals surface area contributed by atoms with Crippen LogP contribution in [0.3, 0.4) is 0 Å².